The monoisotopic (exact) mass is 409 g/mol. The molecular formula is C24H31N3O3. The molecule has 2 aromatic carbocycles. The molecule has 2 amide bonds. The van der Waals surface area contributed by atoms with Crippen LogP contribution >= 0.6 is 0 Å². The Kier molecular flexibility index (Phi) is 6.43. The van der Waals surface area contributed by atoms with Crippen LogP contribution < -0.4 is 14.8 Å². The first-order valence-electron chi connectivity index (χ1n) is 10.7. The first-order chi connectivity index (χ1) is 14.7. The van der Waals surface area contributed by atoms with Crippen LogP contribution in [0.15, 0.2) is 48.5 Å². The highest BCUT2D eigenvalue weighted by atomic mass is 16.5. The lowest BCUT2D eigenvalue weighted by molar-refractivity contribution is 0.0891. The minimum absolute atomic E-state index is 0.00108. The molecule has 1 saturated carbocycles. The maximum atomic E-state index is 13.1. The van der Waals surface area contributed by atoms with E-state index in [1.165, 1.54) is 18.4 Å². The van der Waals surface area contributed by atoms with Gasteiger partial charge in [0.2, 0.25) is 0 Å². The largest absolute Gasteiger partial charge is 0.493 e. The molecule has 1 atom stereocenters. The molecule has 1 saturated heterocycles. The van der Waals surface area contributed by atoms with Gasteiger partial charge in [-0.25, -0.2) is 4.79 Å². The van der Waals surface area contributed by atoms with Gasteiger partial charge < -0.3 is 19.7 Å². The number of amides is 2. The first-order valence-corrected chi connectivity index (χ1v) is 10.7. The van der Waals surface area contributed by atoms with Gasteiger partial charge in [0.1, 0.15) is 0 Å². The van der Waals surface area contributed by atoms with E-state index in [0.717, 1.165) is 37.7 Å². The molecule has 2 aliphatic rings. The summed E-state index contributed by atoms with van der Waals surface area (Å²) < 4.78 is 10.7. The summed E-state index contributed by atoms with van der Waals surface area (Å²) in [4.78, 5) is 17.7. The predicted octanol–water partition coefficient (Wildman–Crippen LogP) is 3.30. The molecule has 0 radical (unpaired) electrons. The van der Waals surface area contributed by atoms with Crippen LogP contribution in [0, 0.1) is 0 Å². The standard InChI is InChI=1S/C24H31N3O3/c1-29-22-11-8-19(15-23(22)30-2)16-25-24(28)27-13-12-26(20-9-10-20)17-21(27)14-18-6-4-3-5-7-18/h3-8,11,15,20-21H,9-10,12-14,16-17H2,1-2H3,(H,25,28). The van der Waals surface area contributed by atoms with Gasteiger partial charge in [0.05, 0.1) is 20.3 Å². The number of urea groups is 1. The van der Waals surface area contributed by atoms with E-state index in [0.29, 0.717) is 18.0 Å². The summed E-state index contributed by atoms with van der Waals surface area (Å²) in [5, 5.41) is 3.11. The Morgan fingerprint density at radius 3 is 2.47 bits per heavy atom. The fraction of sp³-hybridized carbons (Fsp3) is 0.458. The van der Waals surface area contributed by atoms with Crippen LogP contribution in [0.3, 0.4) is 0 Å². The lowest BCUT2D eigenvalue weighted by Gasteiger charge is -2.41. The maximum absolute atomic E-state index is 13.1. The highest BCUT2D eigenvalue weighted by Gasteiger charge is 2.37. The van der Waals surface area contributed by atoms with Crippen molar-refractivity contribution in [3.8, 4) is 11.5 Å². The quantitative estimate of drug-likeness (QED) is 0.762. The number of rotatable bonds is 7. The summed E-state index contributed by atoms with van der Waals surface area (Å²) >= 11 is 0. The normalized spacial score (nSPS) is 19.4. The minimum Gasteiger partial charge on any atom is -0.493 e. The summed E-state index contributed by atoms with van der Waals surface area (Å²) in [6.07, 6.45) is 3.47. The number of carbonyl (C=O) groups excluding carboxylic acids is 1. The van der Waals surface area contributed by atoms with Gasteiger partial charge in [0.25, 0.3) is 0 Å². The summed E-state index contributed by atoms with van der Waals surface area (Å²) in [6.45, 7) is 3.13. The molecule has 2 aromatic rings. The van der Waals surface area contributed by atoms with Crippen molar-refractivity contribution in [1.82, 2.24) is 15.1 Å². The Bertz CT molecular complexity index is 854. The number of methoxy groups -OCH3 is 2. The molecule has 160 valence electrons. The second-order valence-corrected chi connectivity index (χ2v) is 8.11. The highest BCUT2D eigenvalue weighted by molar-refractivity contribution is 5.74. The lowest BCUT2D eigenvalue weighted by Crippen LogP contribution is -2.58. The van der Waals surface area contributed by atoms with Gasteiger partial charge in [0, 0.05) is 32.2 Å². The third-order valence-corrected chi connectivity index (χ3v) is 6.04. The summed E-state index contributed by atoms with van der Waals surface area (Å²) in [7, 11) is 3.24. The predicted molar refractivity (Wildman–Crippen MR) is 117 cm³/mol. The zero-order valence-electron chi connectivity index (χ0n) is 17.8. The van der Waals surface area contributed by atoms with Gasteiger partial charge >= 0.3 is 6.03 Å². The van der Waals surface area contributed by atoms with Gasteiger partial charge in [-0.1, -0.05) is 36.4 Å². The van der Waals surface area contributed by atoms with Crippen LogP contribution in [0.2, 0.25) is 0 Å². The molecule has 0 spiro atoms. The van der Waals surface area contributed by atoms with Crippen molar-refractivity contribution in [2.24, 2.45) is 0 Å². The molecule has 1 unspecified atom stereocenters. The van der Waals surface area contributed by atoms with Crippen molar-refractivity contribution >= 4 is 6.03 Å². The van der Waals surface area contributed by atoms with E-state index in [1.54, 1.807) is 14.2 Å². The third-order valence-electron chi connectivity index (χ3n) is 6.04. The molecule has 6 heteroatoms. The van der Waals surface area contributed by atoms with Crippen LogP contribution in [-0.4, -0.2) is 61.8 Å². The van der Waals surface area contributed by atoms with Gasteiger partial charge in [0.15, 0.2) is 11.5 Å². The number of benzene rings is 2. The molecule has 0 bridgehead atoms. The molecule has 30 heavy (non-hydrogen) atoms. The van der Waals surface area contributed by atoms with Crippen molar-refractivity contribution in [1.29, 1.82) is 0 Å². The number of ether oxygens (including phenoxy) is 2. The van der Waals surface area contributed by atoms with Crippen LogP contribution in [-0.2, 0) is 13.0 Å². The lowest BCUT2D eigenvalue weighted by atomic mass is 10.0. The van der Waals surface area contributed by atoms with Gasteiger partial charge in [-0.3, -0.25) is 4.90 Å². The molecule has 0 aromatic heterocycles. The molecule has 6 nitrogen and oxygen atoms in total. The number of piperazine rings is 1. The Labute approximate surface area is 178 Å². The molecule has 1 aliphatic heterocycles. The Balaban J connectivity index is 1.41. The van der Waals surface area contributed by atoms with E-state index < -0.39 is 0 Å². The summed E-state index contributed by atoms with van der Waals surface area (Å²) in [5.41, 5.74) is 2.26. The smallest absolute Gasteiger partial charge is 0.318 e. The number of carbonyl (C=O) groups is 1. The first kappa shape index (κ1) is 20.5. The number of nitrogens with zero attached hydrogens (tertiary/aromatic N) is 2. The van der Waals surface area contributed by atoms with Crippen LogP contribution in [0.5, 0.6) is 11.5 Å². The van der Waals surface area contributed by atoms with E-state index in [-0.39, 0.29) is 12.1 Å². The Morgan fingerprint density at radius 1 is 1.00 bits per heavy atom. The molecule has 1 heterocycles. The van der Waals surface area contributed by atoms with Crippen molar-refractivity contribution in [3.63, 3.8) is 0 Å². The number of hydrogen-bond acceptors (Lipinski definition) is 4. The summed E-state index contributed by atoms with van der Waals surface area (Å²) in [6, 6.07) is 17.1. The van der Waals surface area contributed by atoms with Crippen molar-refractivity contribution < 1.29 is 14.3 Å². The third kappa shape index (κ3) is 4.87. The zero-order valence-corrected chi connectivity index (χ0v) is 17.8. The van der Waals surface area contributed by atoms with Crippen LogP contribution in [0.25, 0.3) is 0 Å². The topological polar surface area (TPSA) is 54.0 Å². The second-order valence-electron chi connectivity index (χ2n) is 8.11. The average molecular weight is 410 g/mol. The van der Waals surface area contributed by atoms with Gasteiger partial charge in [-0.2, -0.15) is 0 Å². The average Bonchev–Trinajstić information content (AvgIpc) is 3.63. The summed E-state index contributed by atoms with van der Waals surface area (Å²) in [5.74, 6) is 1.36. The van der Waals surface area contributed by atoms with E-state index >= 15 is 0 Å². The van der Waals surface area contributed by atoms with Gasteiger partial charge in [-0.15, -0.1) is 0 Å². The molecule has 2 fully saturated rings. The number of hydrogen-bond donors (Lipinski definition) is 1. The number of nitrogens with one attached hydrogen (secondary N) is 1. The molecular weight excluding hydrogens is 378 g/mol. The van der Waals surface area contributed by atoms with Crippen LogP contribution in [0.4, 0.5) is 4.79 Å². The minimum atomic E-state index is 0.00108. The van der Waals surface area contributed by atoms with E-state index in [2.05, 4.69) is 34.5 Å². The zero-order chi connectivity index (χ0) is 20.9. The SMILES string of the molecule is COc1ccc(CNC(=O)N2CCN(C3CC3)CC2Cc2ccccc2)cc1OC. The van der Waals surface area contributed by atoms with E-state index in [9.17, 15) is 4.79 Å². The van der Waals surface area contributed by atoms with E-state index in [4.69, 9.17) is 9.47 Å². The van der Waals surface area contributed by atoms with Crippen LogP contribution in [0.1, 0.15) is 24.0 Å². The van der Waals surface area contributed by atoms with Crippen molar-refractivity contribution in [2.75, 3.05) is 33.9 Å². The van der Waals surface area contributed by atoms with Gasteiger partial charge in [-0.05, 0) is 42.5 Å². The molecule has 1 N–H and O–H groups in total. The van der Waals surface area contributed by atoms with Crippen molar-refractivity contribution in [3.05, 3.63) is 59.7 Å². The maximum Gasteiger partial charge on any atom is 0.318 e. The fourth-order valence-electron chi connectivity index (χ4n) is 4.25. The second kappa shape index (κ2) is 9.39. The Morgan fingerprint density at radius 2 is 1.77 bits per heavy atom. The Hall–Kier alpha value is -2.73. The molecule has 1 aliphatic carbocycles. The van der Waals surface area contributed by atoms with Crippen molar-refractivity contribution in [2.45, 2.75) is 37.9 Å². The fourth-order valence-corrected chi connectivity index (χ4v) is 4.25. The highest BCUT2D eigenvalue weighted by Crippen LogP contribution is 2.30. The molecule has 4 rings (SSSR count). The van der Waals surface area contributed by atoms with E-state index in [1.807, 2.05) is 29.2 Å².